The molecule has 0 radical (unpaired) electrons. The number of hydrogen-bond acceptors (Lipinski definition) is 2. The zero-order valence-electron chi connectivity index (χ0n) is 13.7. The molecule has 0 amide bonds. The number of rotatable bonds is 2. The molecular weight excluding hydrogens is 296 g/mol. The summed E-state index contributed by atoms with van der Waals surface area (Å²) in [5.41, 5.74) is 4.36. The van der Waals surface area contributed by atoms with E-state index in [-0.39, 0.29) is 11.7 Å². The van der Waals surface area contributed by atoms with Crippen LogP contribution in [-0.4, -0.2) is 18.0 Å². The fourth-order valence-corrected chi connectivity index (χ4v) is 3.77. The molecule has 120 valence electrons. The third-order valence-electron chi connectivity index (χ3n) is 5.11. The Balaban J connectivity index is 1.94. The number of fused-ring (bicyclic) bond motifs is 1. The van der Waals surface area contributed by atoms with Crippen LogP contribution in [0.1, 0.15) is 24.5 Å². The summed E-state index contributed by atoms with van der Waals surface area (Å²) in [5.74, 6) is 0.213. The highest BCUT2D eigenvalue weighted by molar-refractivity contribution is 5.99. The third kappa shape index (κ3) is 2.53. The van der Waals surface area contributed by atoms with Crippen molar-refractivity contribution in [2.45, 2.75) is 18.9 Å². The van der Waals surface area contributed by atoms with Gasteiger partial charge in [0.1, 0.15) is 0 Å². The van der Waals surface area contributed by atoms with Crippen molar-refractivity contribution >= 4 is 16.9 Å². The molecule has 2 heteroatoms. The van der Waals surface area contributed by atoms with Gasteiger partial charge in [0.25, 0.3) is 0 Å². The Morgan fingerprint density at radius 2 is 1.58 bits per heavy atom. The molecule has 2 atom stereocenters. The van der Waals surface area contributed by atoms with E-state index in [1.54, 1.807) is 6.08 Å². The van der Waals surface area contributed by atoms with Gasteiger partial charge in [-0.25, -0.2) is 0 Å². The maximum Gasteiger partial charge on any atom is 0.156 e. The number of allylic oxidation sites excluding steroid dienone is 1. The van der Waals surface area contributed by atoms with Crippen molar-refractivity contribution in [3.63, 3.8) is 0 Å². The van der Waals surface area contributed by atoms with Crippen LogP contribution in [0.15, 0.2) is 72.8 Å². The van der Waals surface area contributed by atoms with Crippen LogP contribution in [0.25, 0.3) is 11.1 Å². The van der Waals surface area contributed by atoms with Crippen molar-refractivity contribution in [1.29, 1.82) is 0 Å². The van der Waals surface area contributed by atoms with Crippen molar-refractivity contribution in [1.82, 2.24) is 0 Å². The summed E-state index contributed by atoms with van der Waals surface area (Å²) in [5, 5.41) is 0. The van der Waals surface area contributed by atoms with Crippen LogP contribution in [0, 0.1) is 5.92 Å². The molecule has 24 heavy (non-hydrogen) atoms. The molecule has 0 spiro atoms. The second-order valence-electron chi connectivity index (χ2n) is 6.65. The number of ether oxygens (including phenoxy) is 1. The Bertz CT molecular complexity index is 818. The predicted molar refractivity (Wildman–Crippen MR) is 96.3 cm³/mol. The molecule has 1 heterocycles. The molecule has 2 aromatic rings. The van der Waals surface area contributed by atoms with Crippen molar-refractivity contribution < 1.29 is 9.53 Å². The van der Waals surface area contributed by atoms with E-state index >= 15 is 0 Å². The van der Waals surface area contributed by atoms with Gasteiger partial charge in [-0.2, -0.15) is 0 Å². The smallest absolute Gasteiger partial charge is 0.156 e. The quantitative estimate of drug-likeness (QED) is 0.813. The molecule has 0 bridgehead atoms. The van der Waals surface area contributed by atoms with Gasteiger partial charge >= 0.3 is 0 Å². The largest absolute Gasteiger partial charge is 0.366 e. The molecule has 0 unspecified atom stereocenters. The Morgan fingerprint density at radius 3 is 2.25 bits per heavy atom. The number of carbonyl (C=O) groups excluding carboxylic acids is 1. The lowest BCUT2D eigenvalue weighted by Crippen LogP contribution is -2.44. The van der Waals surface area contributed by atoms with E-state index in [0.29, 0.717) is 13.0 Å². The molecular formula is C22H20O2. The molecule has 0 aromatic heterocycles. The van der Waals surface area contributed by atoms with Crippen molar-refractivity contribution in [2.75, 3.05) is 6.61 Å². The molecule has 4 rings (SSSR count). The summed E-state index contributed by atoms with van der Waals surface area (Å²) in [6, 6.07) is 20.7. The lowest BCUT2D eigenvalue weighted by molar-refractivity contribution is -0.118. The lowest BCUT2D eigenvalue weighted by Gasteiger charge is -2.44. The van der Waals surface area contributed by atoms with Gasteiger partial charge in [-0.15, -0.1) is 0 Å². The van der Waals surface area contributed by atoms with Gasteiger partial charge in [-0.05, 0) is 41.3 Å². The first-order chi connectivity index (χ1) is 11.7. The highest BCUT2D eigenvalue weighted by Crippen LogP contribution is 2.47. The average Bonchev–Trinajstić information content (AvgIpc) is 2.63. The zero-order valence-corrected chi connectivity index (χ0v) is 13.7. The first-order valence-corrected chi connectivity index (χ1v) is 8.37. The molecule has 1 aliphatic heterocycles. The molecule has 0 saturated carbocycles. The minimum atomic E-state index is -0.419. The van der Waals surface area contributed by atoms with Gasteiger partial charge in [0.2, 0.25) is 0 Å². The molecule has 2 nitrogen and oxygen atoms in total. The van der Waals surface area contributed by atoms with Crippen LogP contribution in [-0.2, 0) is 9.53 Å². The van der Waals surface area contributed by atoms with Crippen LogP contribution in [0.2, 0.25) is 0 Å². The van der Waals surface area contributed by atoms with Gasteiger partial charge in [-0.3, -0.25) is 4.79 Å². The van der Waals surface area contributed by atoms with E-state index in [0.717, 1.165) is 0 Å². The van der Waals surface area contributed by atoms with E-state index in [2.05, 4.69) is 43.3 Å². The van der Waals surface area contributed by atoms with Gasteiger partial charge in [-0.1, -0.05) is 60.7 Å². The molecule has 0 N–H and O–H groups in total. The summed E-state index contributed by atoms with van der Waals surface area (Å²) in [4.78, 5) is 12.1. The van der Waals surface area contributed by atoms with Crippen molar-refractivity contribution in [3.05, 3.63) is 83.9 Å². The van der Waals surface area contributed by atoms with E-state index in [4.69, 9.17) is 4.74 Å². The summed E-state index contributed by atoms with van der Waals surface area (Å²) < 4.78 is 6.24. The highest BCUT2D eigenvalue weighted by atomic mass is 16.5. The fraction of sp³-hybridized carbons (Fsp3) is 0.227. The zero-order chi connectivity index (χ0) is 16.6. The van der Waals surface area contributed by atoms with E-state index in [1.165, 1.54) is 22.3 Å². The van der Waals surface area contributed by atoms with Crippen molar-refractivity contribution in [3.8, 4) is 0 Å². The Kier molecular flexibility index (Phi) is 3.70. The summed E-state index contributed by atoms with van der Waals surface area (Å²) in [6.45, 7) is 2.64. The van der Waals surface area contributed by atoms with Gasteiger partial charge in [0.05, 0.1) is 12.2 Å². The van der Waals surface area contributed by atoms with Crippen LogP contribution in [0.5, 0.6) is 0 Å². The van der Waals surface area contributed by atoms with E-state index in [1.807, 2.05) is 30.3 Å². The predicted octanol–water partition coefficient (Wildman–Crippen LogP) is 4.53. The van der Waals surface area contributed by atoms with E-state index < -0.39 is 5.60 Å². The topological polar surface area (TPSA) is 26.3 Å². The van der Waals surface area contributed by atoms with Gasteiger partial charge in [0, 0.05) is 12.3 Å². The maximum absolute atomic E-state index is 12.1. The minimum absolute atomic E-state index is 0.0429. The number of benzene rings is 2. The molecule has 0 fully saturated rings. The fourth-order valence-electron chi connectivity index (χ4n) is 3.77. The summed E-state index contributed by atoms with van der Waals surface area (Å²) in [6.07, 6.45) is 4.11. The summed E-state index contributed by atoms with van der Waals surface area (Å²) in [7, 11) is 0. The SMILES string of the molecule is C[C@]12C=CC(=O)C[C@H]1C(c1ccccc1)=C(c1ccccc1)CO2. The van der Waals surface area contributed by atoms with Crippen molar-refractivity contribution in [2.24, 2.45) is 5.92 Å². The first kappa shape index (κ1) is 15.1. The normalized spacial score (nSPS) is 26.4. The number of hydrogen-bond donors (Lipinski definition) is 0. The van der Waals surface area contributed by atoms with Crippen LogP contribution in [0.4, 0.5) is 0 Å². The molecule has 1 aliphatic carbocycles. The third-order valence-corrected chi connectivity index (χ3v) is 5.11. The second-order valence-corrected chi connectivity index (χ2v) is 6.65. The van der Waals surface area contributed by atoms with Crippen LogP contribution >= 0.6 is 0 Å². The van der Waals surface area contributed by atoms with Gasteiger partial charge in [0.15, 0.2) is 5.78 Å². The Morgan fingerprint density at radius 1 is 0.958 bits per heavy atom. The maximum atomic E-state index is 12.1. The standard InChI is InChI=1S/C22H20O2/c1-22-13-12-18(23)14-20(22)21(17-10-6-3-7-11-17)19(15-24-22)16-8-4-2-5-9-16/h2-13,20H,14-15H2,1H3/t20-,22-/m0/s1. The minimum Gasteiger partial charge on any atom is -0.366 e. The first-order valence-electron chi connectivity index (χ1n) is 8.37. The lowest BCUT2D eigenvalue weighted by atomic mass is 9.70. The molecule has 2 aliphatic rings. The van der Waals surface area contributed by atoms with E-state index in [9.17, 15) is 4.79 Å². The Labute approximate surface area is 142 Å². The number of carbonyl (C=O) groups is 1. The molecule has 0 saturated heterocycles. The number of ketones is 1. The van der Waals surface area contributed by atoms with Crippen LogP contribution in [0.3, 0.4) is 0 Å². The summed E-state index contributed by atoms with van der Waals surface area (Å²) >= 11 is 0. The second kappa shape index (κ2) is 5.88. The monoisotopic (exact) mass is 316 g/mol. The Hall–Kier alpha value is -2.45. The average molecular weight is 316 g/mol. The van der Waals surface area contributed by atoms with Gasteiger partial charge < -0.3 is 4.74 Å². The van der Waals surface area contributed by atoms with Crippen LogP contribution < -0.4 is 0 Å². The molecule has 2 aromatic carbocycles. The highest BCUT2D eigenvalue weighted by Gasteiger charge is 2.43.